The molecule has 0 fully saturated rings. The van der Waals surface area contributed by atoms with Crippen LogP contribution in [-0.2, 0) is 0 Å². The first kappa shape index (κ1) is 11.3. The molecule has 1 rings (SSSR count). The Morgan fingerprint density at radius 1 is 1.13 bits per heavy atom. The van der Waals surface area contributed by atoms with Gasteiger partial charge in [0.25, 0.3) is 0 Å². The molecule has 0 aliphatic carbocycles. The molecule has 0 saturated heterocycles. The van der Waals surface area contributed by atoms with Gasteiger partial charge in [-0.25, -0.2) is 0 Å². The molecule has 1 aromatic carbocycles. The summed E-state index contributed by atoms with van der Waals surface area (Å²) in [6, 6.07) is 10.4. The second kappa shape index (κ2) is 5.17. The molecule has 0 saturated carbocycles. The maximum atomic E-state index is 8.98. The molecule has 0 bridgehead atoms. The van der Waals surface area contributed by atoms with Crippen molar-refractivity contribution in [1.29, 1.82) is 5.26 Å². The van der Waals surface area contributed by atoms with E-state index < -0.39 is 0 Å². The molecular formula is C14H15N. The van der Waals surface area contributed by atoms with Crippen molar-refractivity contribution in [2.75, 3.05) is 0 Å². The zero-order valence-electron chi connectivity index (χ0n) is 9.41. The van der Waals surface area contributed by atoms with Gasteiger partial charge in [-0.15, -0.1) is 0 Å². The SMILES string of the molecule is C/C=C(\C(C#N)=C/C)c1ccc(C)cc1. The van der Waals surface area contributed by atoms with E-state index in [0.717, 1.165) is 16.7 Å². The monoisotopic (exact) mass is 197 g/mol. The number of nitriles is 1. The van der Waals surface area contributed by atoms with Gasteiger partial charge in [-0.2, -0.15) is 5.26 Å². The third-order valence-electron chi connectivity index (χ3n) is 2.35. The highest BCUT2D eigenvalue weighted by molar-refractivity contribution is 5.82. The number of hydrogen-bond donors (Lipinski definition) is 0. The van der Waals surface area contributed by atoms with E-state index in [1.165, 1.54) is 5.56 Å². The van der Waals surface area contributed by atoms with Gasteiger partial charge in [0.05, 0.1) is 11.6 Å². The molecule has 0 aliphatic rings. The molecule has 15 heavy (non-hydrogen) atoms. The molecular weight excluding hydrogens is 182 g/mol. The van der Waals surface area contributed by atoms with Gasteiger partial charge in [0.1, 0.15) is 0 Å². The lowest BCUT2D eigenvalue weighted by molar-refractivity contribution is 1.43. The van der Waals surface area contributed by atoms with Crippen molar-refractivity contribution in [2.24, 2.45) is 0 Å². The van der Waals surface area contributed by atoms with Crippen LogP contribution in [0.15, 0.2) is 42.0 Å². The van der Waals surface area contributed by atoms with E-state index in [4.69, 9.17) is 5.26 Å². The zero-order chi connectivity index (χ0) is 11.3. The van der Waals surface area contributed by atoms with E-state index in [2.05, 4.69) is 25.1 Å². The van der Waals surface area contributed by atoms with E-state index in [-0.39, 0.29) is 0 Å². The largest absolute Gasteiger partial charge is 0.192 e. The van der Waals surface area contributed by atoms with Crippen molar-refractivity contribution in [3.8, 4) is 6.07 Å². The topological polar surface area (TPSA) is 23.8 Å². The van der Waals surface area contributed by atoms with Crippen LogP contribution in [0.25, 0.3) is 5.57 Å². The average Bonchev–Trinajstić information content (AvgIpc) is 2.27. The van der Waals surface area contributed by atoms with Crippen molar-refractivity contribution >= 4 is 5.57 Å². The number of benzene rings is 1. The van der Waals surface area contributed by atoms with Gasteiger partial charge in [0.15, 0.2) is 0 Å². The summed E-state index contributed by atoms with van der Waals surface area (Å²) in [7, 11) is 0. The van der Waals surface area contributed by atoms with E-state index in [0.29, 0.717) is 0 Å². The number of hydrogen-bond acceptors (Lipinski definition) is 1. The quantitative estimate of drug-likeness (QED) is 0.521. The fourth-order valence-electron chi connectivity index (χ4n) is 1.49. The van der Waals surface area contributed by atoms with E-state index in [9.17, 15) is 0 Å². The summed E-state index contributed by atoms with van der Waals surface area (Å²) in [5.74, 6) is 0. The lowest BCUT2D eigenvalue weighted by Crippen LogP contribution is -1.87. The fourth-order valence-corrected chi connectivity index (χ4v) is 1.49. The van der Waals surface area contributed by atoms with Gasteiger partial charge >= 0.3 is 0 Å². The molecule has 0 amide bonds. The van der Waals surface area contributed by atoms with Gasteiger partial charge in [-0.1, -0.05) is 42.0 Å². The van der Waals surface area contributed by atoms with E-state index in [1.54, 1.807) is 0 Å². The maximum Gasteiger partial charge on any atom is 0.0994 e. The highest BCUT2D eigenvalue weighted by Gasteiger charge is 2.04. The van der Waals surface area contributed by atoms with E-state index in [1.807, 2.05) is 38.1 Å². The van der Waals surface area contributed by atoms with Gasteiger partial charge in [-0.3, -0.25) is 0 Å². The maximum absolute atomic E-state index is 8.98. The van der Waals surface area contributed by atoms with Crippen molar-refractivity contribution in [2.45, 2.75) is 20.8 Å². The first-order chi connectivity index (χ1) is 7.22. The van der Waals surface area contributed by atoms with Crippen LogP contribution in [0.4, 0.5) is 0 Å². The Bertz CT molecular complexity index is 427. The Hall–Kier alpha value is -1.81. The Labute approximate surface area is 91.4 Å². The zero-order valence-corrected chi connectivity index (χ0v) is 9.41. The van der Waals surface area contributed by atoms with Gasteiger partial charge in [0, 0.05) is 0 Å². The van der Waals surface area contributed by atoms with Crippen LogP contribution in [0.2, 0.25) is 0 Å². The highest BCUT2D eigenvalue weighted by Crippen LogP contribution is 2.22. The van der Waals surface area contributed by atoms with Gasteiger partial charge < -0.3 is 0 Å². The molecule has 0 atom stereocenters. The number of nitrogens with zero attached hydrogens (tertiary/aromatic N) is 1. The third kappa shape index (κ3) is 2.57. The van der Waals surface area contributed by atoms with Crippen molar-refractivity contribution in [1.82, 2.24) is 0 Å². The average molecular weight is 197 g/mol. The van der Waals surface area contributed by atoms with Crippen LogP contribution in [0, 0.1) is 18.3 Å². The molecule has 0 aromatic heterocycles. The van der Waals surface area contributed by atoms with E-state index >= 15 is 0 Å². The molecule has 0 aliphatic heterocycles. The predicted molar refractivity (Wildman–Crippen MR) is 64.2 cm³/mol. The molecule has 0 radical (unpaired) electrons. The summed E-state index contributed by atoms with van der Waals surface area (Å²) in [6.45, 7) is 5.90. The van der Waals surface area contributed by atoms with Crippen molar-refractivity contribution in [3.63, 3.8) is 0 Å². The Morgan fingerprint density at radius 2 is 1.73 bits per heavy atom. The molecule has 1 nitrogen and oxygen atoms in total. The Morgan fingerprint density at radius 3 is 2.13 bits per heavy atom. The minimum atomic E-state index is 0.723. The van der Waals surface area contributed by atoms with Crippen LogP contribution >= 0.6 is 0 Å². The third-order valence-corrected chi connectivity index (χ3v) is 2.35. The second-order valence-corrected chi connectivity index (χ2v) is 3.38. The predicted octanol–water partition coefficient (Wildman–Crippen LogP) is 3.87. The smallest absolute Gasteiger partial charge is 0.0994 e. The molecule has 0 heterocycles. The fraction of sp³-hybridized carbons (Fsp3) is 0.214. The number of allylic oxidation sites excluding steroid dienone is 4. The summed E-state index contributed by atoms with van der Waals surface area (Å²) in [5, 5.41) is 8.98. The lowest BCUT2D eigenvalue weighted by atomic mass is 9.97. The summed E-state index contributed by atoms with van der Waals surface area (Å²) in [6.07, 6.45) is 3.82. The molecule has 0 N–H and O–H groups in total. The Kier molecular flexibility index (Phi) is 3.88. The molecule has 1 aromatic rings. The van der Waals surface area contributed by atoms with Crippen LogP contribution in [0.5, 0.6) is 0 Å². The molecule has 0 spiro atoms. The van der Waals surface area contributed by atoms with Crippen LogP contribution in [0.3, 0.4) is 0 Å². The number of rotatable bonds is 2. The van der Waals surface area contributed by atoms with Gasteiger partial charge in [0.2, 0.25) is 0 Å². The van der Waals surface area contributed by atoms with Crippen molar-refractivity contribution in [3.05, 3.63) is 53.1 Å². The lowest BCUT2D eigenvalue weighted by Gasteiger charge is -2.05. The summed E-state index contributed by atoms with van der Waals surface area (Å²) >= 11 is 0. The van der Waals surface area contributed by atoms with Crippen LogP contribution < -0.4 is 0 Å². The van der Waals surface area contributed by atoms with Crippen molar-refractivity contribution < 1.29 is 0 Å². The minimum absolute atomic E-state index is 0.723. The number of aryl methyl sites for hydroxylation is 1. The minimum Gasteiger partial charge on any atom is -0.192 e. The summed E-state index contributed by atoms with van der Waals surface area (Å²) in [5.41, 5.74) is 4.05. The summed E-state index contributed by atoms with van der Waals surface area (Å²) in [4.78, 5) is 0. The first-order valence-corrected chi connectivity index (χ1v) is 5.03. The first-order valence-electron chi connectivity index (χ1n) is 5.03. The van der Waals surface area contributed by atoms with Crippen LogP contribution in [-0.4, -0.2) is 0 Å². The second-order valence-electron chi connectivity index (χ2n) is 3.38. The molecule has 1 heteroatoms. The molecule has 0 unspecified atom stereocenters. The highest BCUT2D eigenvalue weighted by atomic mass is 14.3. The standard InChI is InChI=1S/C14H15N/c1-4-12(10-15)14(5-2)13-8-6-11(3)7-9-13/h4-9H,1-3H3/b12-4-,14-5+. The van der Waals surface area contributed by atoms with Gasteiger partial charge in [-0.05, 0) is 31.9 Å². The summed E-state index contributed by atoms with van der Waals surface area (Å²) < 4.78 is 0. The Balaban J connectivity index is 3.16. The normalized spacial score (nSPS) is 12.4. The van der Waals surface area contributed by atoms with Crippen LogP contribution in [0.1, 0.15) is 25.0 Å². The molecule has 76 valence electrons.